The van der Waals surface area contributed by atoms with Gasteiger partial charge in [-0.25, -0.2) is 8.42 Å². The summed E-state index contributed by atoms with van der Waals surface area (Å²) in [7, 11) is -3.04. The van der Waals surface area contributed by atoms with Gasteiger partial charge in [0.2, 0.25) is 0 Å². The van der Waals surface area contributed by atoms with E-state index in [2.05, 4.69) is 0 Å². The zero-order chi connectivity index (χ0) is 11.8. The van der Waals surface area contributed by atoms with Crippen LogP contribution in [0, 0.1) is 0 Å². The molecule has 0 aliphatic carbocycles. The number of rotatable bonds is 3. The fourth-order valence-corrected chi connectivity index (χ4v) is 2.75. The van der Waals surface area contributed by atoms with Crippen LogP contribution in [-0.2, 0) is 16.4 Å². The molecular weight excluding hydrogens is 246 g/mol. The molecule has 86 valence electrons. The van der Waals surface area contributed by atoms with E-state index in [0.29, 0.717) is 5.39 Å². The highest BCUT2D eigenvalue weighted by molar-refractivity contribution is 7.90. The lowest BCUT2D eigenvalue weighted by Crippen LogP contribution is -2.22. The number of hydrogen-bond donors (Lipinski definition) is 0. The summed E-state index contributed by atoms with van der Waals surface area (Å²) in [5.41, 5.74) is -0.123. The van der Waals surface area contributed by atoms with Gasteiger partial charge in [0.15, 0.2) is 0 Å². The molecule has 2 heterocycles. The average molecular weight is 257 g/mol. The van der Waals surface area contributed by atoms with E-state index in [9.17, 15) is 13.2 Å². The Morgan fingerprint density at radius 1 is 1.38 bits per heavy atom. The maximum atomic E-state index is 11.9. The van der Waals surface area contributed by atoms with Crippen molar-refractivity contribution in [2.24, 2.45) is 0 Å². The highest BCUT2D eigenvalue weighted by Crippen LogP contribution is 2.16. The summed E-state index contributed by atoms with van der Waals surface area (Å²) in [4.78, 5) is 11.9. The molecule has 0 aliphatic rings. The average Bonchev–Trinajstić information content (AvgIpc) is 2.64. The van der Waals surface area contributed by atoms with E-state index in [1.165, 1.54) is 22.2 Å². The van der Waals surface area contributed by atoms with Gasteiger partial charge < -0.3 is 4.57 Å². The second-order valence-corrected chi connectivity index (χ2v) is 6.85. The summed E-state index contributed by atoms with van der Waals surface area (Å²) in [5, 5.41) is 2.51. The third-order valence-electron chi connectivity index (χ3n) is 2.30. The van der Waals surface area contributed by atoms with Crippen molar-refractivity contribution in [3.05, 3.63) is 34.1 Å². The molecule has 0 N–H and O–H groups in total. The minimum absolute atomic E-state index is 0.0114. The molecule has 0 unspecified atom stereocenters. The molecule has 16 heavy (non-hydrogen) atoms. The number of aryl methyl sites for hydroxylation is 1. The van der Waals surface area contributed by atoms with E-state index >= 15 is 0 Å². The normalized spacial score (nSPS) is 12.1. The van der Waals surface area contributed by atoms with Crippen LogP contribution in [0.25, 0.3) is 10.1 Å². The highest BCUT2D eigenvalue weighted by atomic mass is 32.2. The molecule has 0 saturated carbocycles. The van der Waals surface area contributed by atoms with Gasteiger partial charge in [0, 0.05) is 23.7 Å². The number of fused-ring (bicyclic) bond motifs is 1. The molecule has 0 amide bonds. The Bertz CT molecular complexity index is 667. The highest BCUT2D eigenvalue weighted by Gasteiger charge is 2.06. The lowest BCUT2D eigenvalue weighted by atomic mass is 10.3. The Morgan fingerprint density at radius 2 is 2.12 bits per heavy atom. The first kappa shape index (κ1) is 11.3. The largest absolute Gasteiger partial charge is 0.314 e. The lowest BCUT2D eigenvalue weighted by Gasteiger charge is -2.04. The summed E-state index contributed by atoms with van der Waals surface area (Å²) < 4.78 is 24.4. The summed E-state index contributed by atoms with van der Waals surface area (Å²) >= 11 is 1.50. The van der Waals surface area contributed by atoms with Crippen LogP contribution in [-0.4, -0.2) is 25.0 Å². The van der Waals surface area contributed by atoms with Gasteiger partial charge in [-0.1, -0.05) is 0 Å². The fourth-order valence-electron chi connectivity index (χ4n) is 1.45. The molecule has 0 aliphatic heterocycles. The van der Waals surface area contributed by atoms with Gasteiger partial charge >= 0.3 is 0 Å². The van der Waals surface area contributed by atoms with Crippen molar-refractivity contribution >= 4 is 31.3 Å². The Morgan fingerprint density at radius 3 is 2.81 bits per heavy atom. The van der Waals surface area contributed by atoms with Crippen LogP contribution in [0.2, 0.25) is 0 Å². The van der Waals surface area contributed by atoms with Crippen LogP contribution in [0.5, 0.6) is 0 Å². The van der Waals surface area contributed by atoms with Gasteiger partial charge in [-0.2, -0.15) is 0 Å². The second kappa shape index (κ2) is 4.03. The molecule has 6 heteroatoms. The number of nitrogens with zero attached hydrogens (tertiary/aromatic N) is 1. The molecule has 0 aromatic carbocycles. The summed E-state index contributed by atoms with van der Waals surface area (Å²) in [5.74, 6) is -0.0114. The molecule has 2 rings (SSSR count). The number of thiophene rings is 1. The standard InChI is InChI=1S/C10H11NO3S2/c1-16(13,14)7-5-11-4-2-9-8(10(11)12)3-6-15-9/h2-4,6H,5,7H2,1H3. The first-order chi connectivity index (χ1) is 7.47. The van der Waals surface area contributed by atoms with Crippen molar-refractivity contribution in [2.75, 3.05) is 12.0 Å². The molecule has 4 nitrogen and oxygen atoms in total. The maximum Gasteiger partial charge on any atom is 0.259 e. The molecule has 0 radical (unpaired) electrons. The molecular formula is C10H11NO3S2. The summed E-state index contributed by atoms with van der Waals surface area (Å²) in [6.07, 6.45) is 2.81. The quantitative estimate of drug-likeness (QED) is 0.827. The third kappa shape index (κ3) is 2.33. The van der Waals surface area contributed by atoms with Crippen molar-refractivity contribution in [1.82, 2.24) is 4.57 Å². The first-order valence-electron chi connectivity index (χ1n) is 4.72. The van der Waals surface area contributed by atoms with Crippen LogP contribution in [0.15, 0.2) is 28.5 Å². The number of aromatic nitrogens is 1. The van der Waals surface area contributed by atoms with Gasteiger partial charge in [0.1, 0.15) is 9.84 Å². The van der Waals surface area contributed by atoms with Gasteiger partial charge in [-0.15, -0.1) is 11.3 Å². The number of hydrogen-bond acceptors (Lipinski definition) is 4. The van der Waals surface area contributed by atoms with Crippen LogP contribution in [0.4, 0.5) is 0 Å². The van der Waals surface area contributed by atoms with Gasteiger partial charge in [-0.3, -0.25) is 4.79 Å². The zero-order valence-corrected chi connectivity index (χ0v) is 10.3. The van der Waals surface area contributed by atoms with E-state index in [4.69, 9.17) is 0 Å². The molecule has 0 saturated heterocycles. The van der Waals surface area contributed by atoms with Crippen molar-refractivity contribution < 1.29 is 8.42 Å². The van der Waals surface area contributed by atoms with E-state index in [-0.39, 0.29) is 17.9 Å². The van der Waals surface area contributed by atoms with E-state index in [1.807, 2.05) is 11.4 Å². The third-order valence-corrected chi connectivity index (χ3v) is 4.10. The fraction of sp³-hybridized carbons (Fsp3) is 0.300. The molecule has 0 bridgehead atoms. The summed E-state index contributed by atoms with van der Waals surface area (Å²) in [6, 6.07) is 3.60. The molecule has 2 aromatic heterocycles. The number of pyridine rings is 1. The van der Waals surface area contributed by atoms with E-state index in [1.54, 1.807) is 12.3 Å². The van der Waals surface area contributed by atoms with E-state index in [0.717, 1.165) is 4.70 Å². The predicted molar refractivity (Wildman–Crippen MR) is 65.8 cm³/mol. The topological polar surface area (TPSA) is 56.1 Å². The minimum atomic E-state index is -3.04. The van der Waals surface area contributed by atoms with Crippen molar-refractivity contribution in [1.29, 1.82) is 0 Å². The maximum absolute atomic E-state index is 11.9. The molecule has 0 atom stereocenters. The minimum Gasteiger partial charge on any atom is -0.314 e. The summed E-state index contributed by atoms with van der Waals surface area (Å²) in [6.45, 7) is 0.212. The number of sulfone groups is 1. The van der Waals surface area contributed by atoms with Crippen molar-refractivity contribution in [2.45, 2.75) is 6.54 Å². The van der Waals surface area contributed by atoms with Crippen LogP contribution in [0.1, 0.15) is 0 Å². The monoisotopic (exact) mass is 257 g/mol. The Hall–Kier alpha value is -1.14. The molecule has 0 spiro atoms. The zero-order valence-electron chi connectivity index (χ0n) is 8.71. The Labute approximate surface area is 97.1 Å². The van der Waals surface area contributed by atoms with E-state index < -0.39 is 9.84 Å². The van der Waals surface area contributed by atoms with Gasteiger partial charge in [0.25, 0.3) is 5.56 Å². The van der Waals surface area contributed by atoms with Crippen LogP contribution < -0.4 is 5.56 Å². The predicted octanol–water partition coefficient (Wildman–Crippen LogP) is 1.11. The van der Waals surface area contributed by atoms with Crippen LogP contribution >= 0.6 is 11.3 Å². The first-order valence-corrected chi connectivity index (χ1v) is 7.66. The SMILES string of the molecule is CS(=O)(=O)CCn1ccc2sccc2c1=O. The van der Waals surface area contributed by atoms with Crippen molar-refractivity contribution in [3.63, 3.8) is 0 Å². The second-order valence-electron chi connectivity index (χ2n) is 3.64. The molecule has 2 aromatic rings. The smallest absolute Gasteiger partial charge is 0.259 e. The lowest BCUT2D eigenvalue weighted by molar-refractivity contribution is 0.593. The van der Waals surface area contributed by atoms with Crippen LogP contribution in [0.3, 0.4) is 0 Å². The Kier molecular flexibility index (Phi) is 2.86. The van der Waals surface area contributed by atoms with Gasteiger partial charge in [0.05, 0.1) is 11.1 Å². The van der Waals surface area contributed by atoms with Gasteiger partial charge in [-0.05, 0) is 17.5 Å². The Balaban J connectivity index is 2.39. The molecule has 0 fully saturated rings. The van der Waals surface area contributed by atoms with Crippen molar-refractivity contribution in [3.8, 4) is 0 Å².